The molecule has 164 valence electrons. The number of pyridine rings is 1. The van der Waals surface area contributed by atoms with Crippen molar-refractivity contribution in [1.82, 2.24) is 10.3 Å². The van der Waals surface area contributed by atoms with Gasteiger partial charge in [0.05, 0.1) is 19.2 Å². The number of carbonyl (C=O) groups excluding carboxylic acids is 2. The molecule has 0 saturated heterocycles. The molecule has 32 heavy (non-hydrogen) atoms. The van der Waals surface area contributed by atoms with E-state index >= 15 is 0 Å². The summed E-state index contributed by atoms with van der Waals surface area (Å²) in [5.41, 5.74) is 5.35. The van der Waals surface area contributed by atoms with Crippen LogP contribution in [0.5, 0.6) is 5.75 Å². The highest BCUT2D eigenvalue weighted by Crippen LogP contribution is 2.41. The number of hydrogen-bond acceptors (Lipinski definition) is 5. The Bertz CT molecular complexity index is 1130. The second-order valence-corrected chi connectivity index (χ2v) is 7.95. The van der Waals surface area contributed by atoms with Gasteiger partial charge in [0.25, 0.3) is 0 Å². The smallest absolute Gasteiger partial charge is 0.338 e. The van der Waals surface area contributed by atoms with Crippen LogP contribution >= 0.6 is 0 Å². The van der Waals surface area contributed by atoms with Gasteiger partial charge in [0.15, 0.2) is 0 Å². The van der Waals surface area contributed by atoms with E-state index in [4.69, 9.17) is 9.47 Å². The molecule has 1 aliphatic heterocycles. The van der Waals surface area contributed by atoms with Gasteiger partial charge in [0.2, 0.25) is 5.91 Å². The molecule has 0 fully saturated rings. The summed E-state index contributed by atoms with van der Waals surface area (Å²) in [7, 11) is 1.38. The molecule has 1 aromatic heterocycles. The van der Waals surface area contributed by atoms with Gasteiger partial charge in [-0.1, -0.05) is 30.3 Å². The number of rotatable bonds is 7. The van der Waals surface area contributed by atoms with Crippen molar-refractivity contribution in [3.8, 4) is 16.9 Å². The fraction of sp³-hybridized carbons (Fsp3) is 0.269. The number of ether oxygens (including phenoxy) is 2. The van der Waals surface area contributed by atoms with Crippen LogP contribution in [0.25, 0.3) is 11.1 Å². The number of nitrogens with one attached hydrogen (secondary N) is 1. The van der Waals surface area contributed by atoms with E-state index in [1.54, 1.807) is 18.5 Å². The molecule has 1 atom stereocenters. The van der Waals surface area contributed by atoms with Gasteiger partial charge in [-0.15, -0.1) is 0 Å². The lowest BCUT2D eigenvalue weighted by atomic mass is 9.94. The third-order valence-corrected chi connectivity index (χ3v) is 5.56. The molecule has 2 heterocycles. The first-order chi connectivity index (χ1) is 15.5. The minimum Gasteiger partial charge on any atom is -0.487 e. The summed E-state index contributed by atoms with van der Waals surface area (Å²) < 4.78 is 11.2. The number of hydrogen-bond donors (Lipinski definition) is 1. The Morgan fingerprint density at radius 3 is 2.78 bits per heavy atom. The van der Waals surface area contributed by atoms with Crippen molar-refractivity contribution < 1.29 is 19.1 Å². The molecule has 0 spiro atoms. The maximum Gasteiger partial charge on any atom is 0.338 e. The van der Waals surface area contributed by atoms with Crippen molar-refractivity contribution in [3.63, 3.8) is 0 Å². The Balaban J connectivity index is 1.45. The Morgan fingerprint density at radius 2 is 2.00 bits per heavy atom. The number of methoxy groups -OCH3 is 1. The lowest BCUT2D eigenvalue weighted by Crippen LogP contribution is -2.34. The van der Waals surface area contributed by atoms with E-state index in [0.29, 0.717) is 31.4 Å². The summed E-state index contributed by atoms with van der Waals surface area (Å²) in [6, 6.07) is 15.3. The molecule has 0 unspecified atom stereocenters. The summed E-state index contributed by atoms with van der Waals surface area (Å²) in [6.45, 7) is 2.45. The predicted molar refractivity (Wildman–Crippen MR) is 122 cm³/mol. The molecule has 4 rings (SSSR count). The van der Waals surface area contributed by atoms with Crippen molar-refractivity contribution in [2.24, 2.45) is 0 Å². The van der Waals surface area contributed by atoms with E-state index in [9.17, 15) is 9.59 Å². The average molecular weight is 431 g/mol. The van der Waals surface area contributed by atoms with E-state index in [1.165, 1.54) is 7.11 Å². The van der Waals surface area contributed by atoms with Crippen LogP contribution in [0, 0.1) is 6.92 Å². The molecule has 0 saturated carbocycles. The highest BCUT2D eigenvalue weighted by atomic mass is 16.5. The number of aryl methyl sites for hydroxylation is 2. The molecular weight excluding hydrogens is 404 g/mol. The summed E-state index contributed by atoms with van der Waals surface area (Å²) >= 11 is 0. The van der Waals surface area contributed by atoms with Gasteiger partial charge in [-0.3, -0.25) is 9.78 Å². The topological polar surface area (TPSA) is 77.5 Å². The normalized spacial score (nSPS) is 14.4. The Morgan fingerprint density at radius 1 is 1.16 bits per heavy atom. The van der Waals surface area contributed by atoms with E-state index in [1.807, 2.05) is 43.3 Å². The molecule has 0 bridgehead atoms. The average Bonchev–Trinajstić information content (AvgIpc) is 3.23. The molecule has 6 heteroatoms. The number of aromatic nitrogens is 1. The SMILES string of the molecule is COC(=O)c1ccccc1-c1cc(C)cc2c1O[C@H](CNC(=O)CCc1cccnc1)C2. The number of carbonyl (C=O) groups is 2. The number of fused-ring (bicyclic) bond motifs is 1. The molecule has 1 N–H and O–H groups in total. The van der Waals surface area contributed by atoms with Crippen molar-refractivity contribution in [1.29, 1.82) is 0 Å². The number of amides is 1. The van der Waals surface area contributed by atoms with E-state index < -0.39 is 0 Å². The van der Waals surface area contributed by atoms with Crippen molar-refractivity contribution in [2.45, 2.75) is 32.3 Å². The Labute approximate surface area is 187 Å². The van der Waals surface area contributed by atoms with Crippen LogP contribution in [-0.4, -0.2) is 36.6 Å². The summed E-state index contributed by atoms with van der Waals surface area (Å²) in [5.74, 6) is 0.369. The first-order valence-corrected chi connectivity index (χ1v) is 10.7. The van der Waals surface area contributed by atoms with Gasteiger partial charge in [0, 0.05) is 30.8 Å². The number of benzene rings is 2. The second-order valence-electron chi connectivity index (χ2n) is 7.95. The number of esters is 1. The largest absolute Gasteiger partial charge is 0.487 e. The maximum atomic E-state index is 12.3. The standard InChI is InChI=1S/C26H26N2O4/c1-17-12-19-14-20(16-28-24(29)10-9-18-6-5-11-27-15-18)32-25(19)23(13-17)21-7-3-4-8-22(21)26(30)31-2/h3-8,11-13,15,20H,9-10,14,16H2,1-2H3,(H,28,29)/t20-/m0/s1. The number of nitrogens with zero attached hydrogens (tertiary/aromatic N) is 1. The van der Waals surface area contributed by atoms with E-state index in [0.717, 1.165) is 33.6 Å². The quantitative estimate of drug-likeness (QED) is 0.576. The van der Waals surface area contributed by atoms with Gasteiger partial charge in [-0.05, 0) is 53.8 Å². The van der Waals surface area contributed by atoms with Gasteiger partial charge < -0.3 is 14.8 Å². The molecule has 2 aromatic carbocycles. The van der Waals surface area contributed by atoms with Crippen LogP contribution in [-0.2, 0) is 22.4 Å². The fourth-order valence-electron chi connectivity index (χ4n) is 4.03. The molecule has 6 nitrogen and oxygen atoms in total. The van der Waals surface area contributed by atoms with Crippen LogP contribution < -0.4 is 10.1 Å². The van der Waals surface area contributed by atoms with Gasteiger partial charge in [-0.2, -0.15) is 0 Å². The van der Waals surface area contributed by atoms with Crippen LogP contribution in [0.4, 0.5) is 0 Å². The molecule has 1 amide bonds. The molecule has 0 aliphatic carbocycles. The molecule has 0 radical (unpaired) electrons. The second kappa shape index (κ2) is 9.64. The highest BCUT2D eigenvalue weighted by molar-refractivity contribution is 5.98. The fourth-order valence-corrected chi connectivity index (χ4v) is 4.03. The summed E-state index contributed by atoms with van der Waals surface area (Å²) in [5, 5.41) is 2.98. The zero-order valence-corrected chi connectivity index (χ0v) is 18.3. The third kappa shape index (κ3) is 4.80. The van der Waals surface area contributed by atoms with Crippen LogP contribution in [0.1, 0.15) is 33.5 Å². The van der Waals surface area contributed by atoms with Crippen molar-refractivity contribution in [3.05, 3.63) is 83.2 Å². The summed E-state index contributed by atoms with van der Waals surface area (Å²) in [4.78, 5) is 28.7. The van der Waals surface area contributed by atoms with Crippen molar-refractivity contribution in [2.75, 3.05) is 13.7 Å². The monoisotopic (exact) mass is 430 g/mol. The summed E-state index contributed by atoms with van der Waals surface area (Å²) in [6.07, 6.45) is 5.10. The maximum absolute atomic E-state index is 12.3. The van der Waals surface area contributed by atoms with E-state index in [-0.39, 0.29) is 18.0 Å². The zero-order chi connectivity index (χ0) is 22.5. The van der Waals surface area contributed by atoms with Crippen LogP contribution in [0.15, 0.2) is 60.9 Å². The van der Waals surface area contributed by atoms with E-state index in [2.05, 4.69) is 16.4 Å². The first kappa shape index (κ1) is 21.6. The Hall–Kier alpha value is -3.67. The molecular formula is C26H26N2O4. The minimum atomic E-state index is -0.383. The molecule has 3 aromatic rings. The Kier molecular flexibility index (Phi) is 6.50. The molecule has 1 aliphatic rings. The van der Waals surface area contributed by atoms with Crippen LogP contribution in [0.2, 0.25) is 0 Å². The highest BCUT2D eigenvalue weighted by Gasteiger charge is 2.28. The first-order valence-electron chi connectivity index (χ1n) is 10.7. The van der Waals surface area contributed by atoms with Gasteiger partial charge in [0.1, 0.15) is 11.9 Å². The van der Waals surface area contributed by atoms with Gasteiger partial charge in [-0.25, -0.2) is 4.79 Å². The zero-order valence-electron chi connectivity index (χ0n) is 18.3. The lowest BCUT2D eigenvalue weighted by Gasteiger charge is -2.15. The lowest BCUT2D eigenvalue weighted by molar-refractivity contribution is -0.121. The minimum absolute atomic E-state index is 0.0131. The van der Waals surface area contributed by atoms with Crippen LogP contribution in [0.3, 0.4) is 0 Å². The third-order valence-electron chi connectivity index (χ3n) is 5.56. The van der Waals surface area contributed by atoms with Gasteiger partial charge >= 0.3 is 5.97 Å². The van der Waals surface area contributed by atoms with Crippen molar-refractivity contribution >= 4 is 11.9 Å². The predicted octanol–water partition coefficient (Wildman–Crippen LogP) is 3.90.